The van der Waals surface area contributed by atoms with Gasteiger partial charge in [-0.25, -0.2) is 0 Å². The van der Waals surface area contributed by atoms with Crippen LogP contribution >= 0.6 is 0 Å². The van der Waals surface area contributed by atoms with Crippen molar-refractivity contribution < 1.29 is 9.59 Å². The molecule has 16 heavy (non-hydrogen) atoms. The smallest absolute Gasteiger partial charge is 0.232 e. The molecule has 1 saturated heterocycles. The first-order valence-electron chi connectivity index (χ1n) is 6.09. The molecule has 1 heterocycles. The van der Waals surface area contributed by atoms with Gasteiger partial charge in [-0.3, -0.25) is 14.5 Å². The Hall–Kier alpha value is -0.900. The summed E-state index contributed by atoms with van der Waals surface area (Å²) in [5.41, 5.74) is 5.79. The van der Waals surface area contributed by atoms with E-state index in [9.17, 15) is 9.59 Å². The number of hydrogen-bond donors (Lipinski definition) is 1. The normalized spacial score (nSPS) is 27.6. The second-order valence-corrected chi connectivity index (χ2v) is 4.72. The summed E-state index contributed by atoms with van der Waals surface area (Å²) in [5.74, 6) is -0.371. The lowest BCUT2D eigenvalue weighted by atomic mass is 10.00. The van der Waals surface area contributed by atoms with E-state index < -0.39 is 0 Å². The van der Waals surface area contributed by atoms with Gasteiger partial charge < -0.3 is 5.73 Å². The molecule has 92 valence electrons. The van der Waals surface area contributed by atoms with Crippen LogP contribution in [0.4, 0.5) is 0 Å². The van der Waals surface area contributed by atoms with Gasteiger partial charge in [-0.2, -0.15) is 0 Å². The molecule has 0 saturated carbocycles. The van der Waals surface area contributed by atoms with Crippen molar-refractivity contribution in [3.05, 3.63) is 0 Å². The maximum absolute atomic E-state index is 11.7. The van der Waals surface area contributed by atoms with Crippen molar-refractivity contribution in [2.75, 3.05) is 6.54 Å². The minimum absolute atomic E-state index is 0.0254. The van der Waals surface area contributed by atoms with E-state index in [4.69, 9.17) is 5.73 Å². The summed E-state index contributed by atoms with van der Waals surface area (Å²) in [6.45, 7) is 6.21. The van der Waals surface area contributed by atoms with Crippen molar-refractivity contribution in [1.82, 2.24) is 4.90 Å². The van der Waals surface area contributed by atoms with Gasteiger partial charge >= 0.3 is 0 Å². The Bertz CT molecular complexity index is 258. The van der Waals surface area contributed by atoms with Crippen LogP contribution in [-0.4, -0.2) is 29.3 Å². The predicted octanol–water partition coefficient (Wildman–Crippen LogP) is 1.14. The first kappa shape index (κ1) is 13.2. The van der Waals surface area contributed by atoms with Gasteiger partial charge in [0.05, 0.1) is 0 Å². The first-order chi connectivity index (χ1) is 7.49. The summed E-state index contributed by atoms with van der Waals surface area (Å²) < 4.78 is 0. The third kappa shape index (κ3) is 2.61. The van der Waals surface area contributed by atoms with Crippen molar-refractivity contribution in [1.29, 1.82) is 0 Å². The summed E-state index contributed by atoms with van der Waals surface area (Å²) in [6, 6.07) is 0.183. The SMILES string of the molecule is CCC(N)CCCN1C(=O)C(C)C(C)C1=O. The number of rotatable bonds is 5. The van der Waals surface area contributed by atoms with Gasteiger partial charge in [-0.15, -0.1) is 0 Å². The molecular formula is C12H22N2O2. The highest BCUT2D eigenvalue weighted by Crippen LogP contribution is 2.25. The van der Waals surface area contributed by atoms with E-state index >= 15 is 0 Å². The average molecular weight is 226 g/mol. The van der Waals surface area contributed by atoms with Crippen LogP contribution in [0.25, 0.3) is 0 Å². The maximum atomic E-state index is 11.7. The van der Waals surface area contributed by atoms with E-state index in [2.05, 4.69) is 0 Å². The Kier molecular flexibility index (Phi) is 4.47. The van der Waals surface area contributed by atoms with E-state index in [1.54, 1.807) is 0 Å². The van der Waals surface area contributed by atoms with Gasteiger partial charge in [0.1, 0.15) is 0 Å². The predicted molar refractivity (Wildman–Crippen MR) is 62.5 cm³/mol. The highest BCUT2D eigenvalue weighted by molar-refractivity contribution is 6.04. The Labute approximate surface area is 97.2 Å². The van der Waals surface area contributed by atoms with Gasteiger partial charge in [-0.05, 0) is 19.3 Å². The highest BCUT2D eigenvalue weighted by Gasteiger charge is 2.41. The van der Waals surface area contributed by atoms with Gasteiger partial charge in [0, 0.05) is 24.4 Å². The van der Waals surface area contributed by atoms with Crippen molar-refractivity contribution in [2.45, 2.75) is 46.1 Å². The molecule has 3 unspecified atom stereocenters. The maximum Gasteiger partial charge on any atom is 0.232 e. The van der Waals surface area contributed by atoms with Crippen LogP contribution in [0.5, 0.6) is 0 Å². The van der Waals surface area contributed by atoms with Crippen LogP contribution in [0.15, 0.2) is 0 Å². The minimum atomic E-state index is -0.160. The van der Waals surface area contributed by atoms with Gasteiger partial charge in [-0.1, -0.05) is 20.8 Å². The highest BCUT2D eigenvalue weighted by atomic mass is 16.2. The first-order valence-corrected chi connectivity index (χ1v) is 6.09. The number of nitrogens with two attached hydrogens (primary N) is 1. The number of amides is 2. The quantitative estimate of drug-likeness (QED) is 0.715. The monoisotopic (exact) mass is 226 g/mol. The van der Waals surface area contributed by atoms with E-state index in [1.165, 1.54) is 4.90 Å². The van der Waals surface area contributed by atoms with Crippen molar-refractivity contribution in [3.63, 3.8) is 0 Å². The Morgan fingerprint density at radius 2 is 1.75 bits per heavy atom. The summed E-state index contributed by atoms with van der Waals surface area (Å²) in [6.07, 6.45) is 2.62. The Balaban J connectivity index is 2.43. The summed E-state index contributed by atoms with van der Waals surface area (Å²) in [5, 5.41) is 0. The topological polar surface area (TPSA) is 63.4 Å². The van der Waals surface area contributed by atoms with Crippen LogP contribution < -0.4 is 5.73 Å². The van der Waals surface area contributed by atoms with Gasteiger partial charge in [0.25, 0.3) is 0 Å². The van der Waals surface area contributed by atoms with E-state index in [0.29, 0.717) is 6.54 Å². The molecular weight excluding hydrogens is 204 g/mol. The third-order valence-electron chi connectivity index (χ3n) is 3.54. The number of carbonyl (C=O) groups excluding carboxylic acids is 2. The fraction of sp³-hybridized carbons (Fsp3) is 0.833. The molecule has 0 aromatic heterocycles. The zero-order valence-corrected chi connectivity index (χ0v) is 10.4. The number of imide groups is 1. The number of likely N-dealkylation sites (tertiary alicyclic amines) is 1. The van der Waals surface area contributed by atoms with Crippen LogP contribution in [0, 0.1) is 11.8 Å². The number of carbonyl (C=O) groups is 2. The largest absolute Gasteiger partial charge is 0.328 e. The molecule has 4 nitrogen and oxygen atoms in total. The molecule has 2 amide bonds. The second kappa shape index (κ2) is 5.43. The van der Waals surface area contributed by atoms with Crippen LogP contribution in [0.2, 0.25) is 0 Å². The van der Waals surface area contributed by atoms with E-state index in [1.807, 2.05) is 20.8 Å². The molecule has 1 rings (SSSR count). The molecule has 0 radical (unpaired) electrons. The fourth-order valence-electron chi connectivity index (χ4n) is 1.96. The summed E-state index contributed by atoms with van der Waals surface area (Å²) >= 11 is 0. The van der Waals surface area contributed by atoms with E-state index in [0.717, 1.165) is 19.3 Å². The van der Waals surface area contributed by atoms with Crippen molar-refractivity contribution in [3.8, 4) is 0 Å². The molecule has 1 aliphatic heterocycles. The fourth-order valence-corrected chi connectivity index (χ4v) is 1.96. The molecule has 1 aliphatic rings. The average Bonchev–Trinajstić information content (AvgIpc) is 2.46. The van der Waals surface area contributed by atoms with Gasteiger partial charge in [0.2, 0.25) is 11.8 Å². The lowest BCUT2D eigenvalue weighted by Gasteiger charge is -2.15. The Morgan fingerprint density at radius 1 is 1.25 bits per heavy atom. The molecule has 0 aromatic rings. The van der Waals surface area contributed by atoms with Gasteiger partial charge in [0.15, 0.2) is 0 Å². The zero-order chi connectivity index (χ0) is 12.3. The van der Waals surface area contributed by atoms with Crippen LogP contribution in [-0.2, 0) is 9.59 Å². The molecule has 3 atom stereocenters. The summed E-state index contributed by atoms with van der Waals surface area (Å²) in [7, 11) is 0. The molecule has 0 aromatic carbocycles. The van der Waals surface area contributed by atoms with Crippen LogP contribution in [0.1, 0.15) is 40.0 Å². The Morgan fingerprint density at radius 3 is 2.19 bits per heavy atom. The van der Waals surface area contributed by atoms with Crippen molar-refractivity contribution >= 4 is 11.8 Å². The molecule has 1 fully saturated rings. The molecule has 0 aliphatic carbocycles. The number of nitrogens with zero attached hydrogens (tertiary/aromatic N) is 1. The zero-order valence-electron chi connectivity index (χ0n) is 10.4. The molecule has 0 spiro atoms. The summed E-state index contributed by atoms with van der Waals surface area (Å²) in [4.78, 5) is 24.9. The van der Waals surface area contributed by atoms with E-state index in [-0.39, 0.29) is 29.7 Å². The molecule has 0 bridgehead atoms. The molecule has 2 N–H and O–H groups in total. The minimum Gasteiger partial charge on any atom is -0.328 e. The molecule has 4 heteroatoms. The second-order valence-electron chi connectivity index (χ2n) is 4.72. The lowest BCUT2D eigenvalue weighted by Crippen LogP contribution is -2.32. The number of hydrogen-bond acceptors (Lipinski definition) is 3. The lowest BCUT2D eigenvalue weighted by molar-refractivity contribution is -0.139. The van der Waals surface area contributed by atoms with Crippen molar-refractivity contribution in [2.24, 2.45) is 17.6 Å². The standard InChI is InChI=1S/C12H22N2O2/c1-4-10(13)6-5-7-14-11(15)8(2)9(3)12(14)16/h8-10H,4-7,13H2,1-3H3. The third-order valence-corrected chi connectivity index (χ3v) is 3.54. The van der Waals surface area contributed by atoms with Crippen LogP contribution in [0.3, 0.4) is 0 Å².